The highest BCUT2D eigenvalue weighted by Gasteiger charge is 2.13. The predicted molar refractivity (Wildman–Crippen MR) is 120 cm³/mol. The van der Waals surface area contributed by atoms with Gasteiger partial charge in [0.25, 0.3) is 5.91 Å². The fourth-order valence-electron chi connectivity index (χ4n) is 2.95. The Bertz CT molecular complexity index is 1120. The van der Waals surface area contributed by atoms with Crippen LogP contribution in [0, 0.1) is 11.3 Å². The number of carbonyl (C=O) groups excluding carboxylic acids is 1. The summed E-state index contributed by atoms with van der Waals surface area (Å²) in [6.07, 6.45) is 2.31. The van der Waals surface area contributed by atoms with E-state index in [1.807, 2.05) is 67.6 Å². The third-order valence-corrected chi connectivity index (χ3v) is 4.94. The first-order valence-corrected chi connectivity index (χ1v) is 9.96. The van der Waals surface area contributed by atoms with Gasteiger partial charge in [0, 0.05) is 21.8 Å². The van der Waals surface area contributed by atoms with Gasteiger partial charge in [0.1, 0.15) is 24.0 Å². The maximum atomic E-state index is 12.7. The fraction of sp³-hybridized carbons (Fsp3) is 0.120. The lowest BCUT2D eigenvalue weighted by atomic mass is 10.1. The van der Waals surface area contributed by atoms with Gasteiger partial charge in [-0.1, -0.05) is 73.1 Å². The number of amides is 1. The molecule has 3 aromatic rings. The van der Waals surface area contributed by atoms with Gasteiger partial charge in [-0.2, -0.15) is 5.26 Å². The Balaban J connectivity index is 1.81. The minimum absolute atomic E-state index is 0.00491. The Kier molecular flexibility index (Phi) is 7.26. The number of para-hydroxylation sites is 2. The largest absolute Gasteiger partial charge is 0.488 e. The Hall–Kier alpha value is -3.55. The van der Waals surface area contributed by atoms with Gasteiger partial charge in [-0.25, -0.2) is 0 Å². The number of halogens is 1. The summed E-state index contributed by atoms with van der Waals surface area (Å²) in [6.45, 7) is 2.29. The molecule has 1 amide bonds. The molecule has 1 N–H and O–H groups in total. The highest BCUT2D eigenvalue weighted by Crippen LogP contribution is 2.24. The van der Waals surface area contributed by atoms with Gasteiger partial charge in [0.05, 0.1) is 0 Å². The molecule has 0 aromatic heterocycles. The lowest BCUT2D eigenvalue weighted by Crippen LogP contribution is -2.14. The summed E-state index contributed by atoms with van der Waals surface area (Å²) in [6, 6.07) is 24.2. The molecule has 5 heteroatoms. The molecule has 0 unspecified atom stereocenters. The smallest absolute Gasteiger partial charge is 0.266 e. The second kappa shape index (κ2) is 10.3. The number of hydrogen-bond acceptors (Lipinski definition) is 3. The number of ether oxygens (including phenoxy) is 1. The molecule has 0 bridgehead atoms. The van der Waals surface area contributed by atoms with E-state index in [0.717, 1.165) is 17.5 Å². The normalized spacial score (nSPS) is 10.9. The number of benzene rings is 3. The molecular formula is C25H21ClN2O2. The zero-order valence-electron chi connectivity index (χ0n) is 16.6. The van der Waals surface area contributed by atoms with Crippen LogP contribution >= 0.6 is 11.6 Å². The van der Waals surface area contributed by atoms with Crippen LogP contribution in [0.5, 0.6) is 5.75 Å². The Labute approximate surface area is 181 Å². The summed E-state index contributed by atoms with van der Waals surface area (Å²) in [7, 11) is 0. The number of hydrogen-bond donors (Lipinski definition) is 1. The molecule has 0 atom stereocenters. The summed E-state index contributed by atoms with van der Waals surface area (Å²) in [5.41, 5.74) is 3.20. The average Bonchev–Trinajstić information content (AvgIpc) is 2.78. The van der Waals surface area contributed by atoms with Crippen LogP contribution in [0.3, 0.4) is 0 Å². The van der Waals surface area contributed by atoms with E-state index in [0.29, 0.717) is 22.0 Å². The van der Waals surface area contributed by atoms with Crippen LogP contribution in [0.15, 0.2) is 78.4 Å². The first kappa shape index (κ1) is 21.2. The minimum atomic E-state index is -0.459. The lowest BCUT2D eigenvalue weighted by molar-refractivity contribution is -0.112. The van der Waals surface area contributed by atoms with Crippen molar-refractivity contribution in [1.82, 2.24) is 0 Å². The molecule has 0 saturated carbocycles. The molecule has 0 fully saturated rings. The second-order valence-corrected chi connectivity index (χ2v) is 6.96. The van der Waals surface area contributed by atoms with Crippen molar-refractivity contribution in [3.8, 4) is 11.8 Å². The molecule has 0 aliphatic carbocycles. The average molecular weight is 417 g/mol. The number of nitrogens with one attached hydrogen (secondary N) is 1. The van der Waals surface area contributed by atoms with Gasteiger partial charge in [0.2, 0.25) is 0 Å². The van der Waals surface area contributed by atoms with E-state index < -0.39 is 5.91 Å². The third kappa shape index (κ3) is 5.28. The molecule has 0 radical (unpaired) electrons. The number of rotatable bonds is 7. The van der Waals surface area contributed by atoms with Crippen molar-refractivity contribution in [2.24, 2.45) is 0 Å². The van der Waals surface area contributed by atoms with Crippen LogP contribution in [0.1, 0.15) is 23.6 Å². The highest BCUT2D eigenvalue weighted by molar-refractivity contribution is 6.31. The zero-order valence-corrected chi connectivity index (χ0v) is 17.3. The lowest BCUT2D eigenvalue weighted by Gasteiger charge is -2.11. The number of carbonyl (C=O) groups is 1. The monoisotopic (exact) mass is 416 g/mol. The van der Waals surface area contributed by atoms with Crippen molar-refractivity contribution in [3.05, 3.63) is 100 Å². The molecule has 0 aliphatic rings. The Morgan fingerprint density at radius 2 is 1.70 bits per heavy atom. The first-order chi connectivity index (χ1) is 14.6. The quantitative estimate of drug-likeness (QED) is 0.378. The SMILES string of the molecule is CCc1ccccc1NC(=O)/C(C#N)=C/c1ccccc1OCc1ccccc1Cl. The maximum absolute atomic E-state index is 12.7. The summed E-state index contributed by atoms with van der Waals surface area (Å²) in [5.74, 6) is 0.103. The third-order valence-electron chi connectivity index (χ3n) is 4.57. The molecular weight excluding hydrogens is 396 g/mol. The van der Waals surface area contributed by atoms with Crippen molar-refractivity contribution >= 4 is 29.3 Å². The molecule has 0 saturated heterocycles. The molecule has 0 aliphatic heterocycles. The summed E-state index contributed by atoms with van der Waals surface area (Å²) in [4.78, 5) is 12.7. The van der Waals surface area contributed by atoms with Crippen molar-refractivity contribution < 1.29 is 9.53 Å². The molecule has 3 rings (SSSR count). The summed E-state index contributed by atoms with van der Waals surface area (Å²) in [5, 5.41) is 13.0. The van der Waals surface area contributed by atoms with Crippen LogP contribution in [0.25, 0.3) is 6.08 Å². The predicted octanol–water partition coefficient (Wildman–Crippen LogP) is 6.03. The molecule has 4 nitrogen and oxygen atoms in total. The van der Waals surface area contributed by atoms with Crippen LogP contribution in [0.2, 0.25) is 5.02 Å². The number of nitrogens with zero attached hydrogens (tertiary/aromatic N) is 1. The van der Waals surface area contributed by atoms with Crippen LogP contribution < -0.4 is 10.1 Å². The summed E-state index contributed by atoms with van der Waals surface area (Å²) >= 11 is 6.19. The van der Waals surface area contributed by atoms with Crippen LogP contribution in [-0.2, 0) is 17.8 Å². The number of anilines is 1. The van der Waals surface area contributed by atoms with E-state index in [9.17, 15) is 10.1 Å². The van der Waals surface area contributed by atoms with Crippen LogP contribution in [-0.4, -0.2) is 5.91 Å². The molecule has 0 spiro atoms. The van der Waals surface area contributed by atoms with Gasteiger partial charge < -0.3 is 10.1 Å². The van der Waals surface area contributed by atoms with E-state index in [4.69, 9.17) is 16.3 Å². The topological polar surface area (TPSA) is 62.1 Å². The van der Waals surface area contributed by atoms with Crippen molar-refractivity contribution in [3.63, 3.8) is 0 Å². The second-order valence-electron chi connectivity index (χ2n) is 6.55. The zero-order chi connectivity index (χ0) is 21.3. The molecule has 3 aromatic carbocycles. The van der Waals surface area contributed by atoms with Gasteiger partial charge in [0.15, 0.2) is 0 Å². The molecule has 150 valence electrons. The Morgan fingerprint density at radius 1 is 1.03 bits per heavy atom. The number of nitriles is 1. The van der Waals surface area contributed by atoms with Gasteiger partial charge >= 0.3 is 0 Å². The fourth-order valence-corrected chi connectivity index (χ4v) is 3.14. The van der Waals surface area contributed by atoms with E-state index >= 15 is 0 Å². The minimum Gasteiger partial charge on any atom is -0.488 e. The highest BCUT2D eigenvalue weighted by atomic mass is 35.5. The van der Waals surface area contributed by atoms with E-state index in [2.05, 4.69) is 5.32 Å². The molecule has 30 heavy (non-hydrogen) atoms. The van der Waals surface area contributed by atoms with Gasteiger partial charge in [-0.15, -0.1) is 0 Å². The van der Waals surface area contributed by atoms with E-state index in [1.165, 1.54) is 6.08 Å². The van der Waals surface area contributed by atoms with Crippen molar-refractivity contribution in [2.75, 3.05) is 5.32 Å². The maximum Gasteiger partial charge on any atom is 0.266 e. The summed E-state index contributed by atoms with van der Waals surface area (Å²) < 4.78 is 5.91. The number of aryl methyl sites for hydroxylation is 1. The molecule has 0 heterocycles. The van der Waals surface area contributed by atoms with Gasteiger partial charge in [-0.05, 0) is 36.3 Å². The van der Waals surface area contributed by atoms with Crippen molar-refractivity contribution in [1.29, 1.82) is 5.26 Å². The standard InChI is InChI=1S/C25H21ClN2O2/c1-2-18-9-4-7-13-23(18)28-25(29)21(16-27)15-19-10-5-8-14-24(19)30-17-20-11-3-6-12-22(20)26/h3-15H,2,17H2,1H3,(H,28,29)/b21-15+. The van der Waals surface area contributed by atoms with E-state index in [1.54, 1.807) is 18.2 Å². The van der Waals surface area contributed by atoms with Crippen molar-refractivity contribution in [2.45, 2.75) is 20.0 Å². The first-order valence-electron chi connectivity index (χ1n) is 9.58. The van der Waals surface area contributed by atoms with E-state index in [-0.39, 0.29) is 12.2 Å². The van der Waals surface area contributed by atoms with Crippen LogP contribution in [0.4, 0.5) is 5.69 Å². The Morgan fingerprint density at radius 3 is 2.43 bits per heavy atom. The van der Waals surface area contributed by atoms with Gasteiger partial charge in [-0.3, -0.25) is 4.79 Å².